The molecular weight excluding hydrogens is 246 g/mol. The lowest BCUT2D eigenvalue weighted by Crippen LogP contribution is -2.10. The number of aromatic nitrogens is 3. The second-order valence-electron chi connectivity index (χ2n) is 4.60. The molecule has 3 nitrogen and oxygen atoms in total. The zero-order valence-corrected chi connectivity index (χ0v) is 10.8. The molecule has 0 N–H and O–H groups in total. The maximum atomic E-state index is 6.25. The molecular formula is C14H14ClN3. The Morgan fingerprint density at radius 3 is 2.89 bits per heavy atom. The Morgan fingerprint density at radius 1 is 1.17 bits per heavy atom. The fourth-order valence-corrected chi connectivity index (χ4v) is 2.66. The van der Waals surface area contributed by atoms with E-state index in [0.717, 1.165) is 35.5 Å². The zero-order valence-electron chi connectivity index (χ0n) is 10.1. The van der Waals surface area contributed by atoms with Crippen LogP contribution in [0.3, 0.4) is 0 Å². The summed E-state index contributed by atoms with van der Waals surface area (Å²) in [6.45, 7) is 0. The van der Waals surface area contributed by atoms with Gasteiger partial charge in [0.1, 0.15) is 11.0 Å². The minimum absolute atomic E-state index is 0.638. The highest BCUT2D eigenvalue weighted by molar-refractivity contribution is 6.30. The topological polar surface area (TPSA) is 38.7 Å². The van der Waals surface area contributed by atoms with Gasteiger partial charge in [-0.2, -0.15) is 0 Å². The van der Waals surface area contributed by atoms with E-state index in [1.807, 2.05) is 18.3 Å². The Kier molecular flexibility index (Phi) is 3.24. The number of rotatable bonds is 2. The van der Waals surface area contributed by atoms with Gasteiger partial charge in [-0.15, -0.1) is 0 Å². The normalized spacial score (nSPS) is 14.3. The van der Waals surface area contributed by atoms with Crippen molar-refractivity contribution in [3.63, 3.8) is 0 Å². The lowest BCUT2D eigenvalue weighted by molar-refractivity contribution is 0.656. The monoisotopic (exact) mass is 259 g/mol. The average Bonchev–Trinajstić information content (AvgIpc) is 2.40. The highest BCUT2D eigenvalue weighted by Crippen LogP contribution is 2.25. The van der Waals surface area contributed by atoms with Crippen LogP contribution in [0.5, 0.6) is 0 Å². The molecule has 18 heavy (non-hydrogen) atoms. The van der Waals surface area contributed by atoms with Crippen LogP contribution in [0.4, 0.5) is 0 Å². The van der Waals surface area contributed by atoms with E-state index in [4.69, 9.17) is 11.6 Å². The van der Waals surface area contributed by atoms with Gasteiger partial charge in [-0.1, -0.05) is 17.7 Å². The Labute approximate surface area is 111 Å². The van der Waals surface area contributed by atoms with E-state index >= 15 is 0 Å². The van der Waals surface area contributed by atoms with E-state index in [1.165, 1.54) is 12.8 Å². The average molecular weight is 260 g/mol. The van der Waals surface area contributed by atoms with Crippen molar-refractivity contribution >= 4 is 11.6 Å². The van der Waals surface area contributed by atoms with Crippen molar-refractivity contribution in [3.8, 4) is 0 Å². The Bertz CT molecular complexity index is 554. The van der Waals surface area contributed by atoms with Crippen LogP contribution in [0.25, 0.3) is 0 Å². The van der Waals surface area contributed by atoms with Gasteiger partial charge in [0.2, 0.25) is 0 Å². The third-order valence-corrected chi connectivity index (χ3v) is 3.58. The molecule has 92 valence electrons. The standard InChI is InChI=1S/C14H14ClN3/c15-14-11-5-1-2-6-12(11)17-13(18-14)8-10-4-3-7-16-9-10/h3-4,7,9H,1-2,5-6,8H2. The molecule has 0 saturated carbocycles. The molecule has 0 unspecified atom stereocenters. The first kappa shape index (κ1) is 11.6. The molecule has 0 atom stereocenters. The molecule has 0 radical (unpaired) electrons. The Hall–Kier alpha value is -1.48. The molecule has 0 fully saturated rings. The van der Waals surface area contributed by atoms with Gasteiger partial charge >= 0.3 is 0 Å². The molecule has 0 bridgehead atoms. The first-order chi connectivity index (χ1) is 8.83. The van der Waals surface area contributed by atoms with Gasteiger partial charge in [0.25, 0.3) is 0 Å². The summed E-state index contributed by atoms with van der Waals surface area (Å²) in [5.41, 5.74) is 3.40. The number of pyridine rings is 1. The SMILES string of the molecule is Clc1nc(Cc2cccnc2)nc2c1CCCC2. The van der Waals surface area contributed by atoms with Crippen LogP contribution < -0.4 is 0 Å². The summed E-state index contributed by atoms with van der Waals surface area (Å²) in [5.74, 6) is 0.800. The quantitative estimate of drug-likeness (QED) is 0.779. The number of hydrogen-bond acceptors (Lipinski definition) is 3. The summed E-state index contributed by atoms with van der Waals surface area (Å²) < 4.78 is 0. The molecule has 3 rings (SSSR count). The number of halogens is 1. The fraction of sp³-hybridized carbons (Fsp3) is 0.357. The van der Waals surface area contributed by atoms with E-state index < -0.39 is 0 Å². The van der Waals surface area contributed by atoms with Gasteiger partial charge in [-0.3, -0.25) is 4.98 Å². The van der Waals surface area contributed by atoms with Crippen molar-refractivity contribution < 1.29 is 0 Å². The zero-order chi connectivity index (χ0) is 12.4. The molecule has 1 aliphatic carbocycles. The second-order valence-corrected chi connectivity index (χ2v) is 4.96. The van der Waals surface area contributed by atoms with E-state index in [-0.39, 0.29) is 0 Å². The maximum absolute atomic E-state index is 6.25. The lowest BCUT2D eigenvalue weighted by atomic mass is 9.97. The van der Waals surface area contributed by atoms with Gasteiger partial charge in [-0.25, -0.2) is 9.97 Å². The predicted octanol–water partition coefficient (Wildman–Crippen LogP) is 2.99. The first-order valence-electron chi connectivity index (χ1n) is 6.26. The highest BCUT2D eigenvalue weighted by atomic mass is 35.5. The molecule has 0 spiro atoms. The Morgan fingerprint density at radius 2 is 2.06 bits per heavy atom. The van der Waals surface area contributed by atoms with Crippen molar-refractivity contribution in [2.24, 2.45) is 0 Å². The molecule has 0 amide bonds. The van der Waals surface area contributed by atoms with Crippen molar-refractivity contribution in [2.75, 3.05) is 0 Å². The van der Waals surface area contributed by atoms with E-state index in [2.05, 4.69) is 15.0 Å². The first-order valence-corrected chi connectivity index (χ1v) is 6.64. The summed E-state index contributed by atoms with van der Waals surface area (Å²) in [4.78, 5) is 13.2. The van der Waals surface area contributed by atoms with Crippen LogP contribution in [0, 0.1) is 0 Å². The highest BCUT2D eigenvalue weighted by Gasteiger charge is 2.16. The lowest BCUT2D eigenvalue weighted by Gasteiger charge is -2.16. The molecule has 2 aromatic rings. The summed E-state index contributed by atoms with van der Waals surface area (Å²) in [6, 6.07) is 3.96. The predicted molar refractivity (Wildman–Crippen MR) is 70.7 cm³/mol. The molecule has 2 heterocycles. The molecule has 2 aromatic heterocycles. The fourth-order valence-electron chi connectivity index (χ4n) is 2.36. The van der Waals surface area contributed by atoms with Crippen molar-refractivity contribution in [3.05, 3.63) is 52.3 Å². The Balaban J connectivity index is 1.91. The van der Waals surface area contributed by atoms with Gasteiger partial charge in [0.15, 0.2) is 0 Å². The molecule has 1 aliphatic rings. The van der Waals surface area contributed by atoms with Crippen molar-refractivity contribution in [1.82, 2.24) is 15.0 Å². The van der Waals surface area contributed by atoms with Crippen LogP contribution in [-0.4, -0.2) is 15.0 Å². The van der Waals surface area contributed by atoms with Crippen LogP contribution in [0.2, 0.25) is 5.15 Å². The largest absolute Gasteiger partial charge is 0.264 e. The maximum Gasteiger partial charge on any atom is 0.136 e. The molecule has 0 aliphatic heterocycles. The van der Waals surface area contributed by atoms with Crippen LogP contribution >= 0.6 is 11.6 Å². The molecule has 4 heteroatoms. The van der Waals surface area contributed by atoms with E-state index in [9.17, 15) is 0 Å². The van der Waals surface area contributed by atoms with Crippen molar-refractivity contribution in [2.45, 2.75) is 32.1 Å². The van der Waals surface area contributed by atoms with Gasteiger partial charge in [0.05, 0.1) is 0 Å². The third kappa shape index (κ3) is 2.36. The van der Waals surface area contributed by atoms with Crippen LogP contribution in [-0.2, 0) is 19.3 Å². The summed E-state index contributed by atoms with van der Waals surface area (Å²) in [7, 11) is 0. The van der Waals surface area contributed by atoms with Crippen molar-refractivity contribution in [1.29, 1.82) is 0 Å². The second kappa shape index (κ2) is 5.02. The number of aryl methyl sites for hydroxylation is 1. The van der Waals surface area contributed by atoms with Crippen LogP contribution in [0.15, 0.2) is 24.5 Å². The summed E-state index contributed by atoms with van der Waals surface area (Å²) in [5, 5.41) is 0.638. The summed E-state index contributed by atoms with van der Waals surface area (Å²) in [6.07, 6.45) is 8.74. The number of fused-ring (bicyclic) bond motifs is 1. The smallest absolute Gasteiger partial charge is 0.136 e. The molecule has 0 saturated heterocycles. The molecule has 0 aromatic carbocycles. The minimum Gasteiger partial charge on any atom is -0.264 e. The minimum atomic E-state index is 0.638. The third-order valence-electron chi connectivity index (χ3n) is 3.26. The van der Waals surface area contributed by atoms with Gasteiger partial charge in [0, 0.05) is 30.1 Å². The van der Waals surface area contributed by atoms with E-state index in [1.54, 1.807) is 6.20 Å². The van der Waals surface area contributed by atoms with Gasteiger partial charge in [-0.05, 0) is 37.3 Å². The van der Waals surface area contributed by atoms with Gasteiger partial charge < -0.3 is 0 Å². The van der Waals surface area contributed by atoms with Crippen LogP contribution in [0.1, 0.15) is 35.5 Å². The van der Waals surface area contributed by atoms with E-state index in [0.29, 0.717) is 11.6 Å². The number of nitrogens with zero attached hydrogens (tertiary/aromatic N) is 3. The number of hydrogen-bond donors (Lipinski definition) is 0. The summed E-state index contributed by atoms with van der Waals surface area (Å²) >= 11 is 6.25.